The number of hydrogen-bond donors (Lipinski definition) is 3. The van der Waals surface area contributed by atoms with Gasteiger partial charge in [0.1, 0.15) is 6.10 Å². The minimum absolute atomic E-state index is 0.0180. The highest BCUT2D eigenvalue weighted by Crippen LogP contribution is 2.34. The summed E-state index contributed by atoms with van der Waals surface area (Å²) in [7, 11) is 1.66. The Bertz CT molecular complexity index is 411. The van der Waals surface area contributed by atoms with Crippen LogP contribution in [0.4, 0.5) is 8.78 Å². The Hall–Kier alpha value is -1.32. The van der Waals surface area contributed by atoms with E-state index in [4.69, 9.17) is 9.84 Å². The maximum Gasteiger partial charge on any atom is 0.372 e. The zero-order valence-corrected chi connectivity index (χ0v) is 12.0. The van der Waals surface area contributed by atoms with Gasteiger partial charge in [-0.05, 0) is 13.6 Å². The molecule has 21 heavy (non-hydrogen) atoms. The van der Waals surface area contributed by atoms with Crippen molar-refractivity contribution in [3.05, 3.63) is 0 Å². The number of ether oxygens (including phenoxy) is 1. The molecule has 1 amide bonds. The summed E-state index contributed by atoms with van der Waals surface area (Å²) in [5, 5.41) is 20.9. The summed E-state index contributed by atoms with van der Waals surface area (Å²) >= 11 is 0. The topological polar surface area (TPSA) is 99.1 Å². The van der Waals surface area contributed by atoms with Crippen molar-refractivity contribution in [1.82, 2.24) is 10.2 Å². The molecule has 0 aromatic heterocycles. The Morgan fingerprint density at radius 1 is 1.48 bits per heavy atom. The fraction of sp³-hybridized carbons (Fsp3) is 0.833. The van der Waals surface area contributed by atoms with E-state index in [9.17, 15) is 23.5 Å². The number of aliphatic hydroxyl groups excluding tert-OH is 1. The summed E-state index contributed by atoms with van der Waals surface area (Å²) in [5.74, 6) is -6.37. The molecule has 0 radical (unpaired) electrons. The van der Waals surface area contributed by atoms with Gasteiger partial charge in [-0.1, -0.05) is 6.92 Å². The molecule has 9 heteroatoms. The molecular weight excluding hydrogens is 290 g/mol. The molecule has 122 valence electrons. The van der Waals surface area contributed by atoms with E-state index < -0.39 is 42.2 Å². The van der Waals surface area contributed by atoms with Gasteiger partial charge in [-0.15, -0.1) is 0 Å². The van der Waals surface area contributed by atoms with Crippen molar-refractivity contribution in [1.29, 1.82) is 0 Å². The van der Waals surface area contributed by atoms with Crippen LogP contribution in [-0.4, -0.2) is 77.4 Å². The summed E-state index contributed by atoms with van der Waals surface area (Å²) in [4.78, 5) is 23.7. The Morgan fingerprint density at radius 2 is 2.05 bits per heavy atom. The van der Waals surface area contributed by atoms with Gasteiger partial charge in [-0.25, -0.2) is 9.18 Å². The Balaban J connectivity index is 3.06. The number of aliphatic hydroxyl groups is 1. The minimum atomic E-state index is -3.65. The fourth-order valence-electron chi connectivity index (χ4n) is 2.15. The number of carboxylic acid groups (broad SMARTS) is 1. The summed E-state index contributed by atoms with van der Waals surface area (Å²) in [6.07, 6.45) is -6.05. The van der Waals surface area contributed by atoms with Crippen LogP contribution < -0.4 is 5.32 Å². The molecule has 0 spiro atoms. The second-order valence-electron chi connectivity index (χ2n) is 5.08. The van der Waals surface area contributed by atoms with Crippen molar-refractivity contribution in [3.63, 3.8) is 0 Å². The molecule has 3 N–H and O–H groups in total. The van der Waals surface area contributed by atoms with Gasteiger partial charge >= 0.3 is 11.8 Å². The van der Waals surface area contributed by atoms with Crippen molar-refractivity contribution < 1.29 is 33.3 Å². The van der Waals surface area contributed by atoms with Crippen molar-refractivity contribution in [2.45, 2.75) is 44.1 Å². The first kappa shape index (κ1) is 17.7. The van der Waals surface area contributed by atoms with E-state index in [-0.39, 0.29) is 6.54 Å². The van der Waals surface area contributed by atoms with Gasteiger partial charge in [0.2, 0.25) is 5.91 Å². The predicted molar refractivity (Wildman–Crippen MR) is 68.0 cm³/mol. The van der Waals surface area contributed by atoms with E-state index in [1.807, 2.05) is 0 Å². The average Bonchev–Trinajstić information content (AvgIpc) is 2.40. The van der Waals surface area contributed by atoms with Gasteiger partial charge in [-0.2, -0.15) is 4.39 Å². The molecule has 7 nitrogen and oxygen atoms in total. The van der Waals surface area contributed by atoms with E-state index >= 15 is 0 Å². The van der Waals surface area contributed by atoms with Gasteiger partial charge in [0.15, 0.2) is 6.17 Å². The third kappa shape index (κ3) is 3.66. The van der Waals surface area contributed by atoms with Crippen LogP contribution in [0.2, 0.25) is 0 Å². The number of alkyl halides is 2. The molecule has 0 bridgehead atoms. The molecule has 0 aromatic carbocycles. The predicted octanol–water partition coefficient (Wildman–Crippen LogP) is -0.709. The molecule has 1 fully saturated rings. The third-order valence-electron chi connectivity index (χ3n) is 3.44. The lowest BCUT2D eigenvalue weighted by Gasteiger charge is -2.44. The lowest BCUT2D eigenvalue weighted by atomic mass is 9.91. The van der Waals surface area contributed by atoms with Crippen LogP contribution in [0.15, 0.2) is 0 Å². The first-order valence-corrected chi connectivity index (χ1v) is 6.51. The molecule has 0 aromatic rings. The molecule has 1 heterocycles. The zero-order chi connectivity index (χ0) is 16.4. The second-order valence-corrected chi connectivity index (χ2v) is 5.08. The van der Waals surface area contributed by atoms with Gasteiger partial charge in [0.25, 0.3) is 0 Å². The molecule has 5 atom stereocenters. The van der Waals surface area contributed by atoms with Crippen LogP contribution in [0.25, 0.3) is 0 Å². The number of amides is 1. The second kappa shape index (κ2) is 6.63. The smallest absolute Gasteiger partial charge is 0.372 e. The quantitative estimate of drug-likeness (QED) is 0.620. The molecule has 1 aliphatic rings. The summed E-state index contributed by atoms with van der Waals surface area (Å²) in [6.45, 7) is 3.50. The molecule has 0 saturated carbocycles. The van der Waals surface area contributed by atoms with Gasteiger partial charge in [0.05, 0.1) is 12.1 Å². The summed E-state index contributed by atoms with van der Waals surface area (Å²) < 4.78 is 32.8. The number of hydrogen-bond acceptors (Lipinski definition) is 5. The average molecular weight is 310 g/mol. The van der Waals surface area contributed by atoms with E-state index in [1.165, 1.54) is 0 Å². The highest BCUT2D eigenvalue weighted by atomic mass is 19.2. The highest BCUT2D eigenvalue weighted by Gasteiger charge is 2.61. The van der Waals surface area contributed by atoms with E-state index in [0.29, 0.717) is 6.54 Å². The van der Waals surface area contributed by atoms with Crippen LogP contribution in [0.1, 0.15) is 13.8 Å². The first-order chi connectivity index (χ1) is 9.63. The molecule has 1 saturated heterocycles. The first-order valence-electron chi connectivity index (χ1n) is 6.51. The maximum atomic E-state index is 14.2. The Labute approximate surface area is 120 Å². The van der Waals surface area contributed by atoms with Crippen LogP contribution in [0.3, 0.4) is 0 Å². The number of aliphatic carboxylic acids is 1. The molecular formula is C12H20F2N2O5. The van der Waals surface area contributed by atoms with Gasteiger partial charge in [0, 0.05) is 13.5 Å². The van der Waals surface area contributed by atoms with Crippen LogP contribution in [0, 0.1) is 0 Å². The molecule has 1 rings (SSSR count). The number of nitrogens with zero attached hydrogens (tertiary/aromatic N) is 1. The number of halogens is 2. The number of carbonyl (C=O) groups excluding carboxylic acids is 1. The Kier molecular flexibility index (Phi) is 5.60. The monoisotopic (exact) mass is 310 g/mol. The standard InChI is InChI=1S/C12H20F2N2O5/c1-4-16(3)5-7-8(15-6(2)17)9(18)10(13)12(14,21-7)11(19)20/h7-10,18H,4-5H2,1-3H3,(H,15,17)(H,19,20)/t7?,8-,9?,10?,12+/m0/s1. The number of nitrogens with one attached hydrogen (secondary N) is 1. The van der Waals surface area contributed by atoms with Crippen molar-refractivity contribution in [2.75, 3.05) is 20.1 Å². The van der Waals surface area contributed by atoms with Gasteiger partial charge < -0.3 is 25.2 Å². The summed E-state index contributed by atoms with van der Waals surface area (Å²) in [6, 6.07) is -1.24. The van der Waals surface area contributed by atoms with Crippen LogP contribution >= 0.6 is 0 Å². The fourth-order valence-corrected chi connectivity index (χ4v) is 2.15. The largest absolute Gasteiger partial charge is 0.477 e. The zero-order valence-electron chi connectivity index (χ0n) is 12.0. The van der Waals surface area contributed by atoms with Crippen molar-refractivity contribution in [2.24, 2.45) is 0 Å². The SMILES string of the molecule is CCN(C)CC1O[C@@](F)(C(=O)O)C(F)C(O)[C@H]1NC(C)=O. The number of carboxylic acids is 1. The van der Waals surface area contributed by atoms with E-state index in [1.54, 1.807) is 18.9 Å². The van der Waals surface area contributed by atoms with Crippen molar-refractivity contribution in [3.8, 4) is 0 Å². The Morgan fingerprint density at radius 3 is 2.48 bits per heavy atom. The lowest BCUT2D eigenvalue weighted by Crippen LogP contribution is -2.69. The van der Waals surface area contributed by atoms with E-state index in [2.05, 4.69) is 5.32 Å². The number of likely N-dealkylation sites (N-methyl/N-ethyl adjacent to an activating group) is 1. The third-order valence-corrected chi connectivity index (χ3v) is 3.44. The highest BCUT2D eigenvalue weighted by molar-refractivity contribution is 5.77. The molecule has 3 unspecified atom stereocenters. The minimum Gasteiger partial charge on any atom is -0.477 e. The summed E-state index contributed by atoms with van der Waals surface area (Å²) in [5.41, 5.74) is 0. The lowest BCUT2D eigenvalue weighted by molar-refractivity contribution is -0.275. The van der Waals surface area contributed by atoms with Crippen LogP contribution in [0.5, 0.6) is 0 Å². The number of carbonyl (C=O) groups is 2. The van der Waals surface area contributed by atoms with E-state index in [0.717, 1.165) is 6.92 Å². The molecule has 0 aliphatic carbocycles. The maximum absolute atomic E-state index is 14.2. The van der Waals surface area contributed by atoms with Crippen LogP contribution in [-0.2, 0) is 14.3 Å². The van der Waals surface area contributed by atoms with Gasteiger partial charge in [-0.3, -0.25) is 4.79 Å². The normalized spacial score (nSPS) is 36.5. The van der Waals surface area contributed by atoms with Crippen molar-refractivity contribution >= 4 is 11.9 Å². The molecule has 1 aliphatic heterocycles. The number of rotatable bonds is 5.